The first-order valence-electron chi connectivity index (χ1n) is 8.17. The van der Waals surface area contributed by atoms with Gasteiger partial charge in [0.2, 0.25) is 5.91 Å². The van der Waals surface area contributed by atoms with Crippen molar-refractivity contribution in [3.05, 3.63) is 29.3 Å². The van der Waals surface area contributed by atoms with E-state index in [2.05, 4.69) is 5.32 Å². The highest BCUT2D eigenvalue weighted by Crippen LogP contribution is 2.19. The summed E-state index contributed by atoms with van der Waals surface area (Å²) in [7, 11) is 0. The number of benzene rings is 1. The molecule has 0 aliphatic carbocycles. The van der Waals surface area contributed by atoms with Crippen LogP contribution in [0.2, 0.25) is 0 Å². The third-order valence-corrected chi connectivity index (χ3v) is 3.54. The largest absolute Gasteiger partial charge is 0.493 e. The Hall–Kier alpha value is -2.04. The Bertz CT molecular complexity index is 514. The van der Waals surface area contributed by atoms with Crippen LogP contribution in [0, 0.1) is 13.8 Å². The Kier molecular flexibility index (Phi) is 8.80. The molecule has 0 radical (unpaired) electrons. The number of rotatable bonds is 11. The Morgan fingerprint density at radius 3 is 2.61 bits per heavy atom. The van der Waals surface area contributed by atoms with Crippen LogP contribution in [0.25, 0.3) is 0 Å². The summed E-state index contributed by atoms with van der Waals surface area (Å²) < 4.78 is 5.71. The molecular formula is C18H27NO4. The average Bonchev–Trinajstić information content (AvgIpc) is 2.50. The van der Waals surface area contributed by atoms with Gasteiger partial charge in [0.1, 0.15) is 5.75 Å². The van der Waals surface area contributed by atoms with Gasteiger partial charge in [0.05, 0.1) is 6.61 Å². The first-order chi connectivity index (χ1) is 11.0. The molecule has 0 aliphatic rings. The number of hydrogen-bond acceptors (Lipinski definition) is 3. The third kappa shape index (κ3) is 8.86. The maximum atomic E-state index is 11.7. The smallest absolute Gasteiger partial charge is 0.303 e. The van der Waals surface area contributed by atoms with Crippen molar-refractivity contribution in [1.29, 1.82) is 0 Å². The van der Waals surface area contributed by atoms with Crippen molar-refractivity contribution in [2.75, 3.05) is 13.2 Å². The summed E-state index contributed by atoms with van der Waals surface area (Å²) in [6.45, 7) is 5.16. The van der Waals surface area contributed by atoms with Gasteiger partial charge < -0.3 is 15.2 Å². The van der Waals surface area contributed by atoms with Crippen LogP contribution in [0.1, 0.15) is 49.7 Å². The van der Waals surface area contributed by atoms with E-state index in [-0.39, 0.29) is 12.3 Å². The minimum absolute atomic E-state index is 0.0211. The van der Waals surface area contributed by atoms with Crippen molar-refractivity contribution in [1.82, 2.24) is 5.32 Å². The van der Waals surface area contributed by atoms with E-state index in [1.54, 1.807) is 0 Å². The second-order valence-corrected chi connectivity index (χ2v) is 5.78. The predicted molar refractivity (Wildman–Crippen MR) is 89.8 cm³/mol. The number of amides is 1. The van der Waals surface area contributed by atoms with Gasteiger partial charge in [0.15, 0.2) is 0 Å². The van der Waals surface area contributed by atoms with Gasteiger partial charge in [-0.2, -0.15) is 0 Å². The van der Waals surface area contributed by atoms with Gasteiger partial charge in [-0.1, -0.05) is 18.6 Å². The molecule has 0 fully saturated rings. The molecule has 0 bridgehead atoms. The van der Waals surface area contributed by atoms with Gasteiger partial charge in [-0.3, -0.25) is 9.59 Å². The molecule has 1 aromatic carbocycles. The van der Waals surface area contributed by atoms with Crippen molar-refractivity contribution in [3.63, 3.8) is 0 Å². The fraction of sp³-hybridized carbons (Fsp3) is 0.556. The highest BCUT2D eigenvalue weighted by atomic mass is 16.5. The molecule has 0 unspecified atom stereocenters. The molecule has 0 heterocycles. The predicted octanol–water partition coefficient (Wildman–Crippen LogP) is 3.22. The molecule has 0 spiro atoms. The van der Waals surface area contributed by atoms with Crippen LogP contribution >= 0.6 is 0 Å². The summed E-state index contributed by atoms with van der Waals surface area (Å²) in [5, 5.41) is 11.4. The zero-order valence-electron chi connectivity index (χ0n) is 14.1. The van der Waals surface area contributed by atoms with E-state index in [1.165, 1.54) is 0 Å². The molecule has 23 heavy (non-hydrogen) atoms. The van der Waals surface area contributed by atoms with Crippen LogP contribution in [0.3, 0.4) is 0 Å². The maximum absolute atomic E-state index is 11.7. The molecule has 0 saturated heterocycles. The van der Waals surface area contributed by atoms with Gasteiger partial charge >= 0.3 is 5.97 Å². The van der Waals surface area contributed by atoms with Gasteiger partial charge in [0, 0.05) is 19.4 Å². The Morgan fingerprint density at radius 1 is 1.09 bits per heavy atom. The molecule has 0 aliphatic heterocycles. The van der Waals surface area contributed by atoms with Crippen molar-refractivity contribution >= 4 is 11.9 Å². The molecule has 0 saturated carbocycles. The molecule has 5 heteroatoms. The Balaban J connectivity index is 2.06. The van der Waals surface area contributed by atoms with E-state index in [0.29, 0.717) is 32.4 Å². The van der Waals surface area contributed by atoms with Gasteiger partial charge in [0.25, 0.3) is 0 Å². The highest BCUT2D eigenvalue weighted by molar-refractivity contribution is 5.75. The summed E-state index contributed by atoms with van der Waals surface area (Å²) in [4.78, 5) is 22.0. The van der Waals surface area contributed by atoms with Gasteiger partial charge in [-0.25, -0.2) is 0 Å². The molecule has 5 nitrogen and oxygen atoms in total. The average molecular weight is 321 g/mol. The first kappa shape index (κ1) is 19.0. The fourth-order valence-corrected chi connectivity index (χ4v) is 2.17. The summed E-state index contributed by atoms with van der Waals surface area (Å²) in [6, 6.07) is 6.08. The second kappa shape index (κ2) is 10.6. The number of hydrogen-bond donors (Lipinski definition) is 2. The number of carbonyl (C=O) groups is 2. The van der Waals surface area contributed by atoms with Crippen molar-refractivity contribution < 1.29 is 19.4 Å². The quantitative estimate of drug-likeness (QED) is 0.614. The SMILES string of the molecule is Cc1ccc(C)c(OCCCC(=O)NCCCCCC(=O)O)c1. The van der Waals surface area contributed by atoms with Crippen LogP contribution in [-0.2, 0) is 9.59 Å². The number of aliphatic carboxylic acids is 1. The van der Waals surface area contributed by atoms with Crippen molar-refractivity contribution in [3.8, 4) is 5.75 Å². The van der Waals surface area contributed by atoms with E-state index >= 15 is 0 Å². The van der Waals surface area contributed by atoms with Crippen LogP contribution in [-0.4, -0.2) is 30.1 Å². The molecule has 1 aromatic rings. The van der Waals surface area contributed by atoms with E-state index in [4.69, 9.17) is 9.84 Å². The summed E-state index contributed by atoms with van der Waals surface area (Å²) in [5.41, 5.74) is 2.26. The van der Waals surface area contributed by atoms with Gasteiger partial charge in [-0.05, 0) is 50.3 Å². The van der Waals surface area contributed by atoms with Gasteiger partial charge in [-0.15, -0.1) is 0 Å². The molecule has 0 atom stereocenters. The van der Waals surface area contributed by atoms with E-state index < -0.39 is 5.97 Å². The maximum Gasteiger partial charge on any atom is 0.303 e. The number of aryl methyl sites for hydroxylation is 2. The highest BCUT2D eigenvalue weighted by Gasteiger charge is 2.03. The topological polar surface area (TPSA) is 75.6 Å². The number of carboxylic acids is 1. The van der Waals surface area contributed by atoms with Crippen LogP contribution < -0.4 is 10.1 Å². The van der Waals surface area contributed by atoms with E-state index in [9.17, 15) is 9.59 Å². The standard InChI is InChI=1S/C18H27NO4/c1-14-9-10-15(2)16(13-14)23-12-6-7-17(20)19-11-5-3-4-8-18(21)22/h9-10,13H,3-8,11-12H2,1-2H3,(H,19,20)(H,21,22). The Morgan fingerprint density at radius 2 is 1.87 bits per heavy atom. The second-order valence-electron chi connectivity index (χ2n) is 5.78. The summed E-state index contributed by atoms with van der Waals surface area (Å²) in [6.07, 6.45) is 3.62. The molecule has 0 aromatic heterocycles. The van der Waals surface area contributed by atoms with E-state index in [1.807, 2.05) is 32.0 Å². The van der Waals surface area contributed by atoms with Crippen LogP contribution in [0.5, 0.6) is 5.75 Å². The van der Waals surface area contributed by atoms with Crippen LogP contribution in [0.15, 0.2) is 18.2 Å². The van der Waals surface area contributed by atoms with Crippen molar-refractivity contribution in [2.45, 2.75) is 52.4 Å². The summed E-state index contributed by atoms with van der Waals surface area (Å²) >= 11 is 0. The first-order valence-corrected chi connectivity index (χ1v) is 8.17. The minimum Gasteiger partial charge on any atom is -0.493 e. The van der Waals surface area contributed by atoms with E-state index in [0.717, 1.165) is 29.7 Å². The molecule has 2 N–H and O–H groups in total. The van der Waals surface area contributed by atoms with Crippen molar-refractivity contribution in [2.24, 2.45) is 0 Å². The molecule has 128 valence electrons. The lowest BCUT2D eigenvalue weighted by atomic mass is 10.1. The lowest BCUT2D eigenvalue weighted by molar-refractivity contribution is -0.137. The lowest BCUT2D eigenvalue weighted by Gasteiger charge is -2.10. The number of unbranched alkanes of at least 4 members (excludes halogenated alkanes) is 2. The number of carboxylic acid groups (broad SMARTS) is 1. The monoisotopic (exact) mass is 321 g/mol. The molecule has 1 amide bonds. The number of carbonyl (C=O) groups excluding carboxylic acids is 1. The fourth-order valence-electron chi connectivity index (χ4n) is 2.17. The molecular weight excluding hydrogens is 294 g/mol. The number of ether oxygens (including phenoxy) is 1. The summed E-state index contributed by atoms with van der Waals surface area (Å²) in [5.74, 6) is 0.134. The lowest BCUT2D eigenvalue weighted by Crippen LogP contribution is -2.24. The van der Waals surface area contributed by atoms with Crippen LogP contribution in [0.4, 0.5) is 0 Å². The minimum atomic E-state index is -0.766. The number of nitrogens with one attached hydrogen (secondary N) is 1. The normalized spacial score (nSPS) is 10.3. The third-order valence-electron chi connectivity index (χ3n) is 3.54. The zero-order valence-corrected chi connectivity index (χ0v) is 14.1. The Labute approximate surface area is 138 Å². The molecule has 1 rings (SSSR count). The zero-order chi connectivity index (χ0) is 17.1.